The Morgan fingerprint density at radius 2 is 1.87 bits per heavy atom. The van der Waals surface area contributed by atoms with E-state index >= 15 is 0 Å². The standard InChI is InChI=1S/C23H24N2O6/c1-2-3-11-31-16-9-10-17-18(12-16)25(14-15-7-5-4-6-8-15)23(30)20(21(17)28)22(29)24-13-19(26)27/h4-10,12,28H,2-3,11,13-14H2,1H3,(H,24,29)(H,26,27). The van der Waals surface area contributed by atoms with E-state index in [2.05, 4.69) is 12.2 Å². The number of nitrogens with one attached hydrogen (secondary N) is 1. The number of hydrogen-bond donors (Lipinski definition) is 3. The van der Waals surface area contributed by atoms with Crippen LogP contribution >= 0.6 is 0 Å². The number of unbranched alkanes of at least 4 members (excludes halogenated alkanes) is 1. The van der Waals surface area contributed by atoms with Crippen LogP contribution in [0.3, 0.4) is 0 Å². The normalized spacial score (nSPS) is 10.7. The van der Waals surface area contributed by atoms with Crippen molar-refractivity contribution in [3.63, 3.8) is 0 Å². The highest BCUT2D eigenvalue weighted by Crippen LogP contribution is 2.30. The number of carboxylic acids is 1. The number of aliphatic carboxylic acids is 1. The second-order valence-corrected chi connectivity index (χ2v) is 7.06. The topological polar surface area (TPSA) is 118 Å². The molecule has 0 spiro atoms. The molecule has 31 heavy (non-hydrogen) atoms. The van der Waals surface area contributed by atoms with Crippen LogP contribution in [0.25, 0.3) is 10.9 Å². The number of pyridine rings is 1. The summed E-state index contributed by atoms with van der Waals surface area (Å²) >= 11 is 0. The number of ether oxygens (including phenoxy) is 1. The second-order valence-electron chi connectivity index (χ2n) is 7.06. The van der Waals surface area contributed by atoms with Gasteiger partial charge in [0, 0.05) is 11.5 Å². The van der Waals surface area contributed by atoms with Crippen molar-refractivity contribution >= 4 is 22.8 Å². The number of rotatable bonds is 9. The van der Waals surface area contributed by atoms with Gasteiger partial charge in [-0.15, -0.1) is 0 Å². The van der Waals surface area contributed by atoms with Crippen molar-refractivity contribution in [2.75, 3.05) is 13.2 Å². The SMILES string of the molecule is CCCCOc1ccc2c(O)c(C(=O)NCC(=O)O)c(=O)n(Cc3ccccc3)c2c1. The van der Waals surface area contributed by atoms with E-state index in [1.807, 2.05) is 30.3 Å². The lowest BCUT2D eigenvalue weighted by atomic mass is 10.1. The van der Waals surface area contributed by atoms with Crippen molar-refractivity contribution in [2.24, 2.45) is 0 Å². The summed E-state index contributed by atoms with van der Waals surface area (Å²) in [6.45, 7) is 2.07. The van der Waals surface area contributed by atoms with Gasteiger partial charge in [0.05, 0.1) is 18.7 Å². The van der Waals surface area contributed by atoms with Gasteiger partial charge in [-0.1, -0.05) is 43.7 Å². The highest BCUT2D eigenvalue weighted by atomic mass is 16.5. The molecular weight excluding hydrogens is 400 g/mol. The van der Waals surface area contributed by atoms with E-state index in [-0.39, 0.29) is 6.54 Å². The number of benzene rings is 2. The van der Waals surface area contributed by atoms with Gasteiger partial charge in [-0.05, 0) is 24.1 Å². The number of fused-ring (bicyclic) bond motifs is 1. The lowest BCUT2D eigenvalue weighted by molar-refractivity contribution is -0.135. The number of nitrogens with zero attached hydrogens (tertiary/aromatic N) is 1. The van der Waals surface area contributed by atoms with Crippen LogP contribution in [0.15, 0.2) is 53.3 Å². The van der Waals surface area contributed by atoms with Crippen molar-refractivity contribution < 1.29 is 24.5 Å². The molecule has 0 radical (unpaired) electrons. The predicted octanol–water partition coefficient (Wildman–Crippen LogP) is 2.75. The Hall–Kier alpha value is -3.81. The van der Waals surface area contributed by atoms with Crippen molar-refractivity contribution in [1.82, 2.24) is 9.88 Å². The molecule has 162 valence electrons. The van der Waals surface area contributed by atoms with Gasteiger partial charge in [0.15, 0.2) is 0 Å². The molecule has 2 aromatic carbocycles. The van der Waals surface area contributed by atoms with Crippen LogP contribution in [0.4, 0.5) is 0 Å². The highest BCUT2D eigenvalue weighted by molar-refractivity contribution is 6.03. The third-order valence-electron chi connectivity index (χ3n) is 4.79. The van der Waals surface area contributed by atoms with Gasteiger partial charge < -0.3 is 24.8 Å². The molecule has 1 heterocycles. The Labute approximate surface area is 178 Å². The van der Waals surface area contributed by atoms with E-state index in [0.717, 1.165) is 18.4 Å². The van der Waals surface area contributed by atoms with Gasteiger partial charge in [-0.25, -0.2) is 0 Å². The maximum absolute atomic E-state index is 13.2. The molecule has 0 bridgehead atoms. The number of hydrogen-bond acceptors (Lipinski definition) is 5. The molecule has 0 aliphatic rings. The van der Waals surface area contributed by atoms with Crippen molar-refractivity contribution in [2.45, 2.75) is 26.3 Å². The fourth-order valence-corrected chi connectivity index (χ4v) is 3.21. The van der Waals surface area contributed by atoms with Crippen LogP contribution in [-0.2, 0) is 11.3 Å². The van der Waals surface area contributed by atoms with Crippen molar-refractivity contribution in [3.05, 3.63) is 70.0 Å². The molecular formula is C23H24N2O6. The van der Waals surface area contributed by atoms with E-state index in [1.165, 1.54) is 4.57 Å². The Morgan fingerprint density at radius 1 is 1.13 bits per heavy atom. The molecule has 0 atom stereocenters. The van der Waals surface area contributed by atoms with E-state index < -0.39 is 35.3 Å². The second kappa shape index (κ2) is 9.80. The van der Waals surface area contributed by atoms with Crippen molar-refractivity contribution in [1.29, 1.82) is 0 Å². The predicted molar refractivity (Wildman–Crippen MR) is 116 cm³/mol. The van der Waals surface area contributed by atoms with Gasteiger partial charge in [-0.2, -0.15) is 0 Å². The van der Waals surface area contributed by atoms with Gasteiger partial charge in [-0.3, -0.25) is 14.4 Å². The number of aromatic nitrogens is 1. The largest absolute Gasteiger partial charge is 0.506 e. The van der Waals surface area contributed by atoms with Crippen LogP contribution in [0, 0.1) is 0 Å². The molecule has 3 aromatic rings. The summed E-state index contributed by atoms with van der Waals surface area (Å²) in [5, 5.41) is 21.9. The molecule has 3 N–H and O–H groups in total. The summed E-state index contributed by atoms with van der Waals surface area (Å²) in [5.74, 6) is -2.15. The van der Waals surface area contributed by atoms with Crippen LogP contribution in [0.2, 0.25) is 0 Å². The van der Waals surface area contributed by atoms with Gasteiger partial charge in [0.2, 0.25) is 0 Å². The molecule has 0 fully saturated rings. The summed E-state index contributed by atoms with van der Waals surface area (Å²) in [5.41, 5.74) is 0.0210. The third kappa shape index (κ3) is 5.03. The third-order valence-corrected chi connectivity index (χ3v) is 4.79. The molecule has 0 saturated carbocycles. The van der Waals surface area contributed by atoms with E-state index in [1.54, 1.807) is 18.2 Å². The molecule has 1 aromatic heterocycles. The van der Waals surface area contributed by atoms with E-state index in [4.69, 9.17) is 9.84 Å². The smallest absolute Gasteiger partial charge is 0.322 e. The van der Waals surface area contributed by atoms with Crippen LogP contribution in [-0.4, -0.2) is 39.8 Å². The minimum Gasteiger partial charge on any atom is -0.506 e. The molecule has 3 rings (SSSR count). The molecule has 0 unspecified atom stereocenters. The van der Waals surface area contributed by atoms with E-state index in [9.17, 15) is 19.5 Å². The maximum atomic E-state index is 13.2. The lowest BCUT2D eigenvalue weighted by Gasteiger charge is -2.16. The Morgan fingerprint density at radius 3 is 2.55 bits per heavy atom. The molecule has 8 nitrogen and oxygen atoms in total. The van der Waals surface area contributed by atoms with Gasteiger partial charge >= 0.3 is 5.97 Å². The fraction of sp³-hybridized carbons (Fsp3) is 0.261. The average molecular weight is 424 g/mol. The quantitative estimate of drug-likeness (QED) is 0.455. The first-order chi connectivity index (χ1) is 14.9. The molecule has 0 saturated heterocycles. The lowest BCUT2D eigenvalue weighted by Crippen LogP contribution is -2.36. The van der Waals surface area contributed by atoms with E-state index in [0.29, 0.717) is 23.3 Å². The summed E-state index contributed by atoms with van der Waals surface area (Å²) in [6.07, 6.45) is 1.85. The molecule has 0 aliphatic carbocycles. The Kier molecular flexibility index (Phi) is 6.92. The Bertz CT molecular complexity index is 1150. The minimum absolute atomic E-state index is 0.161. The monoisotopic (exact) mass is 424 g/mol. The zero-order valence-corrected chi connectivity index (χ0v) is 17.1. The average Bonchev–Trinajstić information content (AvgIpc) is 2.76. The van der Waals surface area contributed by atoms with Crippen LogP contribution in [0.1, 0.15) is 35.7 Å². The number of carbonyl (C=O) groups excluding carboxylic acids is 1. The summed E-state index contributed by atoms with van der Waals surface area (Å²) in [7, 11) is 0. The number of carbonyl (C=O) groups is 2. The maximum Gasteiger partial charge on any atom is 0.322 e. The van der Waals surface area contributed by atoms with Crippen LogP contribution in [0.5, 0.6) is 11.5 Å². The summed E-state index contributed by atoms with van der Waals surface area (Å²) in [6, 6.07) is 14.1. The number of carboxylic acid groups (broad SMARTS) is 1. The first-order valence-corrected chi connectivity index (χ1v) is 9.98. The zero-order valence-electron chi connectivity index (χ0n) is 17.1. The first-order valence-electron chi connectivity index (χ1n) is 9.98. The zero-order chi connectivity index (χ0) is 22.4. The van der Waals surface area contributed by atoms with Crippen LogP contribution < -0.4 is 15.6 Å². The van der Waals surface area contributed by atoms with Crippen molar-refractivity contribution in [3.8, 4) is 11.5 Å². The molecule has 0 aliphatic heterocycles. The summed E-state index contributed by atoms with van der Waals surface area (Å²) in [4.78, 5) is 36.5. The number of amides is 1. The fourth-order valence-electron chi connectivity index (χ4n) is 3.21. The first kappa shape index (κ1) is 21.9. The molecule has 1 amide bonds. The highest BCUT2D eigenvalue weighted by Gasteiger charge is 2.23. The summed E-state index contributed by atoms with van der Waals surface area (Å²) < 4.78 is 7.12. The molecule has 8 heteroatoms. The number of aromatic hydroxyl groups is 1. The van der Waals surface area contributed by atoms with Gasteiger partial charge in [0.25, 0.3) is 11.5 Å². The minimum atomic E-state index is -1.26. The Balaban J connectivity index is 2.15. The van der Waals surface area contributed by atoms with Gasteiger partial charge in [0.1, 0.15) is 23.6 Å².